The molecule has 0 spiro atoms. The Balaban J connectivity index is 3.79. The number of terminal acetylenes is 1. The van der Waals surface area contributed by atoms with Gasteiger partial charge >= 0.3 is 0 Å². The summed E-state index contributed by atoms with van der Waals surface area (Å²) in [6, 6.07) is 0. The largest absolute Gasteiger partial charge is 0.389 e. The Morgan fingerprint density at radius 1 is 1.55 bits per heavy atom. The molecule has 2 nitrogen and oxygen atoms in total. The molecule has 0 fully saturated rings. The van der Waals surface area contributed by atoms with Gasteiger partial charge in [-0.1, -0.05) is 13.3 Å². The first-order valence-corrected chi connectivity index (χ1v) is 4.04. The molecule has 0 aliphatic carbocycles. The second kappa shape index (κ2) is 5.17. The van der Waals surface area contributed by atoms with Gasteiger partial charge in [0.05, 0.1) is 5.60 Å². The minimum atomic E-state index is -0.721. The molecule has 0 aliphatic rings. The van der Waals surface area contributed by atoms with Crippen LogP contribution < -0.4 is 5.73 Å². The van der Waals surface area contributed by atoms with E-state index in [0.29, 0.717) is 19.4 Å². The number of hydrogen-bond acceptors (Lipinski definition) is 2. The van der Waals surface area contributed by atoms with Crippen LogP contribution in [0.25, 0.3) is 0 Å². The molecule has 0 aromatic heterocycles. The highest BCUT2D eigenvalue weighted by Gasteiger charge is 2.22. The first-order chi connectivity index (χ1) is 5.18. The molecule has 0 radical (unpaired) electrons. The lowest BCUT2D eigenvalue weighted by Crippen LogP contribution is -2.37. The smallest absolute Gasteiger partial charge is 0.0778 e. The zero-order valence-corrected chi connectivity index (χ0v) is 7.14. The Bertz CT molecular complexity index is 139. The van der Waals surface area contributed by atoms with Crippen molar-refractivity contribution < 1.29 is 5.11 Å². The van der Waals surface area contributed by atoms with Crippen molar-refractivity contribution in [1.29, 1.82) is 0 Å². The Labute approximate surface area is 68.8 Å². The average Bonchev–Trinajstić information content (AvgIpc) is 2.02. The van der Waals surface area contributed by atoms with Crippen LogP contribution in [0.5, 0.6) is 0 Å². The van der Waals surface area contributed by atoms with Gasteiger partial charge < -0.3 is 10.8 Å². The SMILES string of the molecule is C#CCCC(O)(CN)CCC. The van der Waals surface area contributed by atoms with Crippen LogP contribution in [0.2, 0.25) is 0 Å². The van der Waals surface area contributed by atoms with Crippen molar-refractivity contribution in [1.82, 2.24) is 0 Å². The molecule has 0 aromatic rings. The van der Waals surface area contributed by atoms with Gasteiger partial charge in [0.15, 0.2) is 0 Å². The summed E-state index contributed by atoms with van der Waals surface area (Å²) in [6.07, 6.45) is 7.99. The predicted molar refractivity (Wildman–Crippen MR) is 47.0 cm³/mol. The number of rotatable bonds is 5. The van der Waals surface area contributed by atoms with Gasteiger partial charge in [-0.2, -0.15) is 0 Å². The molecule has 1 atom stereocenters. The third-order valence-electron chi connectivity index (χ3n) is 1.83. The van der Waals surface area contributed by atoms with Crippen molar-refractivity contribution in [3.05, 3.63) is 0 Å². The Hall–Kier alpha value is -0.520. The molecule has 11 heavy (non-hydrogen) atoms. The second-order valence-electron chi connectivity index (χ2n) is 2.88. The first-order valence-electron chi connectivity index (χ1n) is 4.04. The maximum atomic E-state index is 9.73. The minimum absolute atomic E-state index is 0.308. The molecule has 0 aromatic carbocycles. The van der Waals surface area contributed by atoms with E-state index in [1.807, 2.05) is 6.92 Å². The van der Waals surface area contributed by atoms with Gasteiger partial charge in [-0.15, -0.1) is 12.3 Å². The van der Waals surface area contributed by atoms with Gasteiger partial charge in [0.1, 0.15) is 0 Å². The molecule has 64 valence electrons. The summed E-state index contributed by atoms with van der Waals surface area (Å²) >= 11 is 0. The summed E-state index contributed by atoms with van der Waals surface area (Å²) in [5.74, 6) is 2.50. The maximum absolute atomic E-state index is 9.73. The summed E-state index contributed by atoms with van der Waals surface area (Å²) in [5, 5.41) is 9.73. The lowest BCUT2D eigenvalue weighted by molar-refractivity contribution is 0.0323. The molecule has 0 saturated carbocycles. The first kappa shape index (κ1) is 10.5. The fraction of sp³-hybridized carbons (Fsp3) is 0.778. The lowest BCUT2D eigenvalue weighted by Gasteiger charge is -2.24. The highest BCUT2D eigenvalue weighted by Crippen LogP contribution is 2.17. The van der Waals surface area contributed by atoms with Crippen LogP contribution in [-0.4, -0.2) is 17.3 Å². The van der Waals surface area contributed by atoms with Crippen molar-refractivity contribution in [2.45, 2.75) is 38.2 Å². The van der Waals surface area contributed by atoms with E-state index in [0.717, 1.165) is 12.8 Å². The van der Waals surface area contributed by atoms with Gasteiger partial charge in [0.2, 0.25) is 0 Å². The van der Waals surface area contributed by atoms with Crippen molar-refractivity contribution in [2.24, 2.45) is 5.73 Å². The van der Waals surface area contributed by atoms with E-state index in [4.69, 9.17) is 12.2 Å². The minimum Gasteiger partial charge on any atom is -0.389 e. The maximum Gasteiger partial charge on any atom is 0.0778 e. The Kier molecular flexibility index (Phi) is 4.93. The standard InChI is InChI=1S/C9H17NO/c1-3-5-7-9(11,8-10)6-4-2/h1,11H,4-8,10H2,2H3. The van der Waals surface area contributed by atoms with E-state index >= 15 is 0 Å². The zero-order chi connectivity index (χ0) is 8.74. The zero-order valence-electron chi connectivity index (χ0n) is 7.14. The highest BCUT2D eigenvalue weighted by molar-refractivity contribution is 4.89. The summed E-state index contributed by atoms with van der Waals surface area (Å²) in [4.78, 5) is 0. The molecule has 0 amide bonds. The summed E-state index contributed by atoms with van der Waals surface area (Å²) in [7, 11) is 0. The van der Waals surface area contributed by atoms with Crippen molar-refractivity contribution >= 4 is 0 Å². The molecule has 0 bridgehead atoms. The highest BCUT2D eigenvalue weighted by atomic mass is 16.3. The third kappa shape index (κ3) is 4.02. The van der Waals surface area contributed by atoms with Crippen LogP contribution in [-0.2, 0) is 0 Å². The van der Waals surface area contributed by atoms with E-state index in [1.165, 1.54) is 0 Å². The molecule has 0 saturated heterocycles. The van der Waals surface area contributed by atoms with Crippen molar-refractivity contribution in [3.63, 3.8) is 0 Å². The molecular weight excluding hydrogens is 138 g/mol. The summed E-state index contributed by atoms with van der Waals surface area (Å²) in [5.41, 5.74) is 4.69. The quantitative estimate of drug-likeness (QED) is 0.579. The van der Waals surface area contributed by atoms with Gasteiger partial charge in [0.25, 0.3) is 0 Å². The molecular formula is C9H17NO. The van der Waals surface area contributed by atoms with Crippen molar-refractivity contribution in [3.8, 4) is 12.3 Å². The second-order valence-corrected chi connectivity index (χ2v) is 2.88. The van der Waals surface area contributed by atoms with Crippen LogP contribution in [0.1, 0.15) is 32.6 Å². The van der Waals surface area contributed by atoms with Crippen molar-refractivity contribution in [2.75, 3.05) is 6.54 Å². The molecule has 1 unspecified atom stereocenters. The molecule has 0 aliphatic heterocycles. The number of nitrogens with two attached hydrogens (primary N) is 1. The summed E-state index contributed by atoms with van der Waals surface area (Å²) in [6.45, 7) is 2.33. The number of hydrogen-bond donors (Lipinski definition) is 2. The summed E-state index contributed by atoms with van der Waals surface area (Å²) < 4.78 is 0. The van der Waals surface area contributed by atoms with E-state index < -0.39 is 5.60 Å². The van der Waals surface area contributed by atoms with Crippen LogP contribution in [0.4, 0.5) is 0 Å². The van der Waals surface area contributed by atoms with Gasteiger partial charge in [-0.25, -0.2) is 0 Å². The fourth-order valence-corrected chi connectivity index (χ4v) is 1.10. The topological polar surface area (TPSA) is 46.2 Å². The monoisotopic (exact) mass is 155 g/mol. The van der Waals surface area contributed by atoms with Gasteiger partial charge in [-0.3, -0.25) is 0 Å². The molecule has 0 rings (SSSR count). The molecule has 3 N–H and O–H groups in total. The third-order valence-corrected chi connectivity index (χ3v) is 1.83. The Morgan fingerprint density at radius 3 is 2.55 bits per heavy atom. The fourth-order valence-electron chi connectivity index (χ4n) is 1.10. The van der Waals surface area contributed by atoms with Gasteiger partial charge in [0, 0.05) is 13.0 Å². The molecule has 2 heteroatoms. The Morgan fingerprint density at radius 2 is 2.18 bits per heavy atom. The van der Waals surface area contributed by atoms with Crippen LogP contribution in [0.15, 0.2) is 0 Å². The van der Waals surface area contributed by atoms with Crippen LogP contribution in [0, 0.1) is 12.3 Å². The van der Waals surface area contributed by atoms with E-state index in [1.54, 1.807) is 0 Å². The number of aliphatic hydroxyl groups is 1. The van der Waals surface area contributed by atoms with E-state index in [2.05, 4.69) is 5.92 Å². The molecule has 0 heterocycles. The predicted octanol–water partition coefficient (Wildman–Crippen LogP) is 0.890. The average molecular weight is 155 g/mol. The normalized spacial score (nSPS) is 15.5. The van der Waals surface area contributed by atoms with E-state index in [-0.39, 0.29) is 0 Å². The van der Waals surface area contributed by atoms with Crippen LogP contribution in [0.3, 0.4) is 0 Å². The lowest BCUT2D eigenvalue weighted by atomic mass is 9.93. The van der Waals surface area contributed by atoms with E-state index in [9.17, 15) is 5.11 Å². The van der Waals surface area contributed by atoms with Gasteiger partial charge in [-0.05, 0) is 12.8 Å². The van der Waals surface area contributed by atoms with Crippen LogP contribution >= 0.6 is 0 Å².